The van der Waals surface area contributed by atoms with E-state index in [9.17, 15) is 13.2 Å². The summed E-state index contributed by atoms with van der Waals surface area (Å²) < 4.78 is 40.1. The van der Waals surface area contributed by atoms with Crippen molar-refractivity contribution in [2.24, 2.45) is 0 Å². The molecule has 82 valence electrons. The van der Waals surface area contributed by atoms with E-state index >= 15 is 0 Å². The van der Waals surface area contributed by atoms with Crippen LogP contribution in [0.5, 0.6) is 5.75 Å². The summed E-state index contributed by atoms with van der Waals surface area (Å²) in [6.07, 6.45) is -1.90. The number of hydrogen-bond acceptors (Lipinski definition) is 1. The Balaban J connectivity index is 1.92. The molecule has 0 amide bonds. The van der Waals surface area contributed by atoms with Crippen molar-refractivity contribution >= 4 is 0 Å². The number of rotatable bonds is 3. The van der Waals surface area contributed by atoms with E-state index < -0.39 is 12.8 Å². The topological polar surface area (TPSA) is 9.23 Å². The number of hydrogen-bond donors (Lipinski definition) is 0. The molecule has 0 unspecified atom stereocenters. The molecule has 4 heteroatoms. The van der Waals surface area contributed by atoms with Gasteiger partial charge in [0.15, 0.2) is 6.61 Å². The average Bonchev–Trinajstić information content (AvgIpc) is 2.98. The highest BCUT2D eigenvalue weighted by molar-refractivity contribution is 5.31. The summed E-state index contributed by atoms with van der Waals surface area (Å²) in [5, 5.41) is 0. The van der Waals surface area contributed by atoms with Crippen molar-refractivity contribution in [2.75, 3.05) is 6.61 Å². The van der Waals surface area contributed by atoms with Crippen LogP contribution in [-0.2, 0) is 0 Å². The number of alkyl halides is 3. The Hall–Kier alpha value is -1.19. The molecule has 15 heavy (non-hydrogen) atoms. The first kappa shape index (κ1) is 10.3. The Morgan fingerprint density at radius 2 is 1.73 bits per heavy atom. The van der Waals surface area contributed by atoms with Gasteiger partial charge in [-0.25, -0.2) is 0 Å². The number of halogens is 3. The summed E-state index contributed by atoms with van der Waals surface area (Å²) in [6, 6.07) is 6.87. The normalized spacial score (nSPS) is 16.5. The largest absolute Gasteiger partial charge is 0.484 e. The van der Waals surface area contributed by atoms with Crippen LogP contribution < -0.4 is 4.74 Å². The van der Waals surface area contributed by atoms with Crippen LogP contribution in [0, 0.1) is 0 Å². The minimum Gasteiger partial charge on any atom is -0.484 e. The summed E-state index contributed by atoms with van der Waals surface area (Å²) in [4.78, 5) is 0. The van der Waals surface area contributed by atoms with Crippen LogP contribution >= 0.6 is 0 Å². The third kappa shape index (κ3) is 3.15. The van der Waals surface area contributed by atoms with E-state index in [1.807, 2.05) is 12.1 Å². The lowest BCUT2D eigenvalue weighted by atomic mass is 10.1. The predicted octanol–water partition coefficient (Wildman–Crippen LogP) is 3.51. The van der Waals surface area contributed by atoms with E-state index in [1.54, 1.807) is 12.1 Å². The second-order valence-electron chi connectivity index (χ2n) is 3.75. The van der Waals surface area contributed by atoms with Gasteiger partial charge in [0, 0.05) is 0 Å². The zero-order valence-electron chi connectivity index (χ0n) is 8.05. The van der Waals surface area contributed by atoms with Crippen molar-refractivity contribution in [3.05, 3.63) is 29.8 Å². The Bertz CT molecular complexity index is 325. The lowest BCUT2D eigenvalue weighted by molar-refractivity contribution is -0.153. The Labute approximate surface area is 85.9 Å². The fourth-order valence-electron chi connectivity index (χ4n) is 1.42. The summed E-state index contributed by atoms with van der Waals surface area (Å²) in [6.45, 7) is -1.23. The van der Waals surface area contributed by atoms with E-state index in [0.29, 0.717) is 5.92 Å². The molecule has 1 aliphatic carbocycles. The highest BCUT2D eigenvalue weighted by atomic mass is 19.4. The lowest BCUT2D eigenvalue weighted by Gasteiger charge is -2.09. The molecule has 0 aliphatic heterocycles. The number of ether oxygens (including phenoxy) is 1. The predicted molar refractivity (Wildman–Crippen MR) is 50.0 cm³/mol. The first-order chi connectivity index (χ1) is 7.04. The Kier molecular flexibility index (Phi) is 2.59. The molecule has 0 bridgehead atoms. The van der Waals surface area contributed by atoms with Crippen molar-refractivity contribution in [1.82, 2.24) is 0 Å². The molecule has 1 aromatic carbocycles. The molecular formula is C11H11F3O. The number of benzene rings is 1. The van der Waals surface area contributed by atoms with E-state index in [-0.39, 0.29) is 5.75 Å². The van der Waals surface area contributed by atoms with Crippen LogP contribution in [0.4, 0.5) is 13.2 Å². The molecule has 0 N–H and O–H groups in total. The zero-order valence-corrected chi connectivity index (χ0v) is 8.05. The molecule has 1 aliphatic rings. The van der Waals surface area contributed by atoms with Gasteiger partial charge in [0.25, 0.3) is 0 Å². The van der Waals surface area contributed by atoms with Crippen LogP contribution in [0.25, 0.3) is 0 Å². The second kappa shape index (κ2) is 3.76. The highest BCUT2D eigenvalue weighted by Crippen LogP contribution is 2.40. The molecule has 1 fully saturated rings. The summed E-state index contributed by atoms with van der Waals surface area (Å²) in [7, 11) is 0. The third-order valence-corrected chi connectivity index (χ3v) is 2.33. The summed E-state index contributed by atoms with van der Waals surface area (Å²) >= 11 is 0. The first-order valence-electron chi connectivity index (χ1n) is 4.84. The average molecular weight is 216 g/mol. The van der Waals surface area contributed by atoms with Gasteiger partial charge in [-0.15, -0.1) is 0 Å². The zero-order chi connectivity index (χ0) is 10.9. The monoisotopic (exact) mass is 216 g/mol. The Morgan fingerprint density at radius 3 is 2.20 bits per heavy atom. The first-order valence-corrected chi connectivity index (χ1v) is 4.84. The minimum atomic E-state index is -4.27. The van der Waals surface area contributed by atoms with Gasteiger partial charge in [0.05, 0.1) is 0 Å². The van der Waals surface area contributed by atoms with Gasteiger partial charge < -0.3 is 4.74 Å². The molecular weight excluding hydrogens is 205 g/mol. The van der Waals surface area contributed by atoms with Gasteiger partial charge >= 0.3 is 6.18 Å². The van der Waals surface area contributed by atoms with E-state index in [4.69, 9.17) is 0 Å². The third-order valence-electron chi connectivity index (χ3n) is 2.33. The molecule has 0 radical (unpaired) electrons. The fraction of sp³-hybridized carbons (Fsp3) is 0.455. The van der Waals surface area contributed by atoms with E-state index in [0.717, 1.165) is 0 Å². The highest BCUT2D eigenvalue weighted by Gasteiger charge is 2.28. The summed E-state index contributed by atoms with van der Waals surface area (Å²) in [5.74, 6) is 0.887. The fourth-order valence-corrected chi connectivity index (χ4v) is 1.42. The maximum atomic E-state index is 11.8. The molecule has 0 saturated heterocycles. The molecule has 0 spiro atoms. The van der Waals surface area contributed by atoms with Gasteiger partial charge in [0.2, 0.25) is 0 Å². The maximum absolute atomic E-state index is 11.8. The molecule has 1 aromatic rings. The van der Waals surface area contributed by atoms with Crippen molar-refractivity contribution in [2.45, 2.75) is 24.9 Å². The SMILES string of the molecule is FC(F)(F)COc1ccc(C2CC2)cc1. The van der Waals surface area contributed by atoms with Crippen molar-refractivity contribution in [1.29, 1.82) is 0 Å². The molecule has 1 saturated carbocycles. The van der Waals surface area contributed by atoms with Crippen LogP contribution in [-0.4, -0.2) is 12.8 Å². The van der Waals surface area contributed by atoms with Crippen molar-refractivity contribution in [3.8, 4) is 5.75 Å². The summed E-state index contributed by atoms with van der Waals surface area (Å²) in [5.41, 5.74) is 1.19. The Morgan fingerprint density at radius 1 is 1.13 bits per heavy atom. The van der Waals surface area contributed by atoms with Crippen LogP contribution in [0.1, 0.15) is 24.3 Å². The molecule has 0 heterocycles. The van der Waals surface area contributed by atoms with Gasteiger partial charge in [0.1, 0.15) is 5.75 Å². The van der Waals surface area contributed by atoms with Crippen molar-refractivity contribution in [3.63, 3.8) is 0 Å². The molecule has 0 aromatic heterocycles. The van der Waals surface area contributed by atoms with Gasteiger partial charge in [-0.1, -0.05) is 12.1 Å². The van der Waals surface area contributed by atoms with E-state index in [1.165, 1.54) is 18.4 Å². The van der Waals surface area contributed by atoms with E-state index in [2.05, 4.69) is 4.74 Å². The van der Waals surface area contributed by atoms with Crippen LogP contribution in [0.2, 0.25) is 0 Å². The molecule has 2 rings (SSSR count). The van der Waals surface area contributed by atoms with Crippen LogP contribution in [0.3, 0.4) is 0 Å². The molecule has 0 atom stereocenters. The van der Waals surface area contributed by atoms with Crippen molar-refractivity contribution < 1.29 is 17.9 Å². The van der Waals surface area contributed by atoms with Gasteiger partial charge in [-0.05, 0) is 36.5 Å². The van der Waals surface area contributed by atoms with Crippen LogP contribution in [0.15, 0.2) is 24.3 Å². The smallest absolute Gasteiger partial charge is 0.422 e. The standard InChI is InChI=1S/C11H11F3O/c12-11(13,14)7-15-10-5-3-9(4-6-10)8-1-2-8/h3-6,8H,1-2,7H2. The quantitative estimate of drug-likeness (QED) is 0.751. The van der Waals surface area contributed by atoms with Gasteiger partial charge in [-0.2, -0.15) is 13.2 Å². The minimum absolute atomic E-state index is 0.275. The van der Waals surface area contributed by atoms with Gasteiger partial charge in [-0.3, -0.25) is 0 Å². The second-order valence-corrected chi connectivity index (χ2v) is 3.75. The maximum Gasteiger partial charge on any atom is 0.422 e. The molecule has 1 nitrogen and oxygen atoms in total. The lowest BCUT2D eigenvalue weighted by Crippen LogP contribution is -2.19.